The highest BCUT2D eigenvalue weighted by atomic mass is 16.5. The largest absolute Gasteiger partial charge is 0.452 e. The molecule has 0 fully saturated rings. The van der Waals surface area contributed by atoms with Gasteiger partial charge >= 0.3 is 12.0 Å². The number of hydrogen-bond acceptors (Lipinski definition) is 4. The summed E-state index contributed by atoms with van der Waals surface area (Å²) >= 11 is 0. The van der Waals surface area contributed by atoms with Crippen molar-refractivity contribution in [3.05, 3.63) is 48.0 Å². The second kappa shape index (κ2) is 5.83. The molecule has 0 aliphatic carbocycles. The number of nitrogens with two attached hydrogens (primary N) is 1. The molecule has 0 aromatic heterocycles. The first-order valence-electron chi connectivity index (χ1n) is 5.82. The van der Waals surface area contributed by atoms with Crippen molar-refractivity contribution in [3.63, 3.8) is 0 Å². The van der Waals surface area contributed by atoms with E-state index in [-0.39, 0.29) is 0 Å². The Bertz CT molecular complexity index is 676. The lowest BCUT2D eigenvalue weighted by Crippen LogP contribution is -2.37. The van der Waals surface area contributed by atoms with Crippen LogP contribution in [0.1, 0.15) is 10.4 Å². The Balaban J connectivity index is 2.12. The molecule has 3 N–H and O–H groups in total. The van der Waals surface area contributed by atoms with Crippen LogP contribution in [0.3, 0.4) is 0 Å². The van der Waals surface area contributed by atoms with Crippen molar-refractivity contribution in [2.45, 2.75) is 0 Å². The van der Waals surface area contributed by atoms with Crippen LogP contribution < -0.4 is 11.1 Å². The molecule has 0 saturated carbocycles. The van der Waals surface area contributed by atoms with Crippen LogP contribution in [-0.4, -0.2) is 24.5 Å². The van der Waals surface area contributed by atoms with Crippen molar-refractivity contribution < 1.29 is 19.1 Å². The minimum Gasteiger partial charge on any atom is -0.452 e. The highest BCUT2D eigenvalue weighted by Gasteiger charge is 2.13. The Labute approximate surface area is 114 Å². The lowest BCUT2D eigenvalue weighted by Gasteiger charge is -2.07. The fraction of sp³-hybridized carbons (Fsp3) is 0.0714. The van der Waals surface area contributed by atoms with E-state index in [1.807, 2.05) is 23.5 Å². The van der Waals surface area contributed by atoms with Crippen molar-refractivity contribution in [1.29, 1.82) is 0 Å². The van der Waals surface area contributed by atoms with Crippen LogP contribution in [0.2, 0.25) is 0 Å². The average Bonchev–Trinajstić information content (AvgIpc) is 2.43. The summed E-state index contributed by atoms with van der Waals surface area (Å²) in [5.41, 5.74) is 5.13. The molecule has 0 bridgehead atoms. The first-order chi connectivity index (χ1) is 9.58. The van der Waals surface area contributed by atoms with Crippen molar-refractivity contribution in [1.82, 2.24) is 5.32 Å². The highest BCUT2D eigenvalue weighted by Crippen LogP contribution is 2.19. The topological polar surface area (TPSA) is 98.5 Å². The van der Waals surface area contributed by atoms with Crippen LogP contribution in [-0.2, 0) is 9.53 Å². The van der Waals surface area contributed by atoms with Gasteiger partial charge in [-0.3, -0.25) is 10.1 Å². The number of carbonyl (C=O) groups excluding carboxylic acids is 3. The van der Waals surface area contributed by atoms with Gasteiger partial charge in [-0.05, 0) is 16.8 Å². The molecule has 0 unspecified atom stereocenters. The quantitative estimate of drug-likeness (QED) is 0.820. The summed E-state index contributed by atoms with van der Waals surface area (Å²) in [6.45, 7) is -0.564. The predicted octanol–water partition coefficient (Wildman–Crippen LogP) is 1.19. The Kier molecular flexibility index (Phi) is 3.95. The number of fused-ring (bicyclic) bond motifs is 1. The van der Waals surface area contributed by atoms with Gasteiger partial charge in [0.1, 0.15) is 0 Å². The minimum atomic E-state index is -0.990. The molecule has 0 aliphatic heterocycles. The van der Waals surface area contributed by atoms with Gasteiger partial charge in [-0.2, -0.15) is 0 Å². The van der Waals surface area contributed by atoms with Gasteiger partial charge < -0.3 is 10.5 Å². The van der Waals surface area contributed by atoms with Crippen LogP contribution >= 0.6 is 0 Å². The van der Waals surface area contributed by atoms with Gasteiger partial charge in [-0.25, -0.2) is 9.59 Å². The zero-order valence-corrected chi connectivity index (χ0v) is 10.5. The van der Waals surface area contributed by atoms with Gasteiger partial charge in [0.2, 0.25) is 0 Å². The van der Waals surface area contributed by atoms with Gasteiger partial charge in [0.25, 0.3) is 5.91 Å². The maximum atomic E-state index is 11.9. The van der Waals surface area contributed by atoms with Crippen LogP contribution in [0.15, 0.2) is 42.5 Å². The van der Waals surface area contributed by atoms with Gasteiger partial charge in [0.05, 0.1) is 5.56 Å². The number of urea groups is 1. The molecule has 0 atom stereocenters. The molecular weight excluding hydrogens is 260 g/mol. The van der Waals surface area contributed by atoms with Crippen molar-refractivity contribution in [3.8, 4) is 0 Å². The van der Waals surface area contributed by atoms with Crippen LogP contribution in [0.5, 0.6) is 0 Å². The number of benzene rings is 2. The molecule has 0 heterocycles. The lowest BCUT2D eigenvalue weighted by molar-refractivity contribution is -0.123. The normalized spacial score (nSPS) is 10.0. The fourth-order valence-corrected chi connectivity index (χ4v) is 1.79. The molecule has 6 heteroatoms. The van der Waals surface area contributed by atoms with E-state index in [9.17, 15) is 14.4 Å². The average molecular weight is 272 g/mol. The number of esters is 1. The molecule has 0 saturated heterocycles. The number of imide groups is 1. The Hall–Kier alpha value is -2.89. The molecule has 0 radical (unpaired) electrons. The maximum absolute atomic E-state index is 11.9. The van der Waals surface area contributed by atoms with Gasteiger partial charge in [0.15, 0.2) is 6.61 Å². The second-order valence-corrected chi connectivity index (χ2v) is 4.02. The minimum absolute atomic E-state index is 0.356. The molecule has 0 spiro atoms. The summed E-state index contributed by atoms with van der Waals surface area (Å²) < 4.78 is 4.84. The zero-order valence-electron chi connectivity index (χ0n) is 10.5. The van der Waals surface area contributed by atoms with E-state index >= 15 is 0 Å². The number of carbonyl (C=O) groups is 3. The van der Waals surface area contributed by atoms with E-state index in [0.29, 0.717) is 5.56 Å². The summed E-state index contributed by atoms with van der Waals surface area (Å²) in [5.74, 6) is -1.41. The lowest BCUT2D eigenvalue weighted by atomic mass is 10.1. The highest BCUT2D eigenvalue weighted by molar-refractivity contribution is 6.05. The number of amides is 3. The Morgan fingerprint density at radius 2 is 1.75 bits per heavy atom. The third-order valence-corrected chi connectivity index (χ3v) is 2.61. The summed E-state index contributed by atoms with van der Waals surface area (Å²) in [7, 11) is 0. The monoisotopic (exact) mass is 272 g/mol. The van der Waals surface area contributed by atoms with Crippen molar-refractivity contribution in [2.24, 2.45) is 5.73 Å². The number of primary amides is 1. The SMILES string of the molecule is NC(=O)NC(=O)COC(=O)c1cccc2ccccc12. The Morgan fingerprint density at radius 1 is 1.05 bits per heavy atom. The van der Waals surface area contributed by atoms with E-state index in [4.69, 9.17) is 10.5 Å². The first-order valence-corrected chi connectivity index (χ1v) is 5.82. The maximum Gasteiger partial charge on any atom is 0.339 e. The second-order valence-electron chi connectivity index (χ2n) is 4.02. The zero-order chi connectivity index (χ0) is 14.5. The summed E-state index contributed by atoms with van der Waals surface area (Å²) in [6, 6.07) is 11.5. The van der Waals surface area contributed by atoms with E-state index in [1.165, 1.54) is 0 Å². The van der Waals surface area contributed by atoms with Crippen molar-refractivity contribution in [2.75, 3.05) is 6.61 Å². The number of ether oxygens (including phenoxy) is 1. The first kappa shape index (κ1) is 13.5. The van der Waals surface area contributed by atoms with Crippen molar-refractivity contribution >= 4 is 28.7 Å². The molecule has 0 aliphatic rings. The molecule has 3 amide bonds. The van der Waals surface area contributed by atoms with Crippen LogP contribution in [0.4, 0.5) is 4.79 Å². The van der Waals surface area contributed by atoms with Gasteiger partial charge in [-0.15, -0.1) is 0 Å². The molecule has 2 aromatic carbocycles. The number of hydrogen-bond donors (Lipinski definition) is 2. The molecule has 102 valence electrons. The molecule has 2 rings (SSSR count). The number of rotatable bonds is 3. The third-order valence-electron chi connectivity index (χ3n) is 2.61. The van der Waals surface area contributed by atoms with Gasteiger partial charge in [0, 0.05) is 0 Å². The van der Waals surface area contributed by atoms with E-state index in [2.05, 4.69) is 0 Å². The van der Waals surface area contributed by atoms with E-state index < -0.39 is 24.5 Å². The molecule has 6 nitrogen and oxygen atoms in total. The van der Waals surface area contributed by atoms with Crippen LogP contribution in [0.25, 0.3) is 10.8 Å². The Morgan fingerprint density at radius 3 is 2.50 bits per heavy atom. The van der Waals surface area contributed by atoms with E-state index in [0.717, 1.165) is 10.8 Å². The third kappa shape index (κ3) is 3.11. The molecule has 2 aromatic rings. The van der Waals surface area contributed by atoms with E-state index in [1.54, 1.807) is 24.3 Å². The summed E-state index contributed by atoms with van der Waals surface area (Å²) in [5, 5.41) is 3.43. The molecule has 20 heavy (non-hydrogen) atoms. The fourth-order valence-electron chi connectivity index (χ4n) is 1.79. The predicted molar refractivity (Wildman–Crippen MR) is 72.0 cm³/mol. The summed E-state index contributed by atoms with van der Waals surface area (Å²) in [6.07, 6.45) is 0. The van der Waals surface area contributed by atoms with Crippen LogP contribution in [0, 0.1) is 0 Å². The smallest absolute Gasteiger partial charge is 0.339 e. The van der Waals surface area contributed by atoms with Gasteiger partial charge in [-0.1, -0.05) is 36.4 Å². The summed E-state index contributed by atoms with van der Waals surface area (Å²) in [4.78, 5) is 33.5. The standard InChI is InChI=1S/C14H12N2O4/c15-14(19)16-12(17)8-20-13(18)11-7-3-5-9-4-1-2-6-10(9)11/h1-7H,8H2,(H3,15,16,17,19). The molecular formula is C14H12N2O4. The number of nitrogens with one attached hydrogen (secondary N) is 1.